The molecule has 1 aromatic carbocycles. The van der Waals surface area contributed by atoms with Crippen molar-refractivity contribution in [2.45, 2.75) is 12.8 Å². The van der Waals surface area contributed by atoms with Crippen molar-refractivity contribution in [1.82, 2.24) is 0 Å². The van der Waals surface area contributed by atoms with Crippen LogP contribution in [0.3, 0.4) is 0 Å². The van der Waals surface area contributed by atoms with Crippen molar-refractivity contribution >= 4 is 0 Å². The van der Waals surface area contributed by atoms with Gasteiger partial charge in [0, 0.05) is 0 Å². The maximum atomic E-state index is 3.62. The van der Waals surface area contributed by atoms with Crippen molar-refractivity contribution in [2.24, 2.45) is 0 Å². The Hall–Kier alpha value is -1.56. The smallest absolute Gasteiger partial charge is 0.00973 e. The monoisotopic (exact) mass is 184 g/mol. The topological polar surface area (TPSA) is 0 Å². The summed E-state index contributed by atoms with van der Waals surface area (Å²) in [7, 11) is 0. The number of rotatable bonds is 5. The van der Waals surface area contributed by atoms with Crippen LogP contribution in [-0.2, 0) is 6.42 Å². The van der Waals surface area contributed by atoms with E-state index in [9.17, 15) is 0 Å². The molecule has 0 saturated heterocycles. The molecule has 0 atom stereocenters. The molecule has 0 N–H and O–H groups in total. The Morgan fingerprint density at radius 1 is 1.00 bits per heavy atom. The van der Waals surface area contributed by atoms with Crippen LogP contribution < -0.4 is 0 Å². The van der Waals surface area contributed by atoms with Gasteiger partial charge in [-0.3, -0.25) is 0 Å². The maximum Gasteiger partial charge on any atom is -0.00973 e. The standard InChI is InChI=1S/C14H16/c1-2-3-4-5-6-8-11-14-12-9-7-10-13-14/h2-4,6-10,12-13H,1,5,11H2. The van der Waals surface area contributed by atoms with Crippen molar-refractivity contribution in [3.8, 4) is 0 Å². The van der Waals surface area contributed by atoms with Crippen molar-refractivity contribution < 1.29 is 0 Å². The molecule has 1 rings (SSSR count). The normalized spacial score (nSPS) is 11.1. The average molecular weight is 184 g/mol. The van der Waals surface area contributed by atoms with Crippen LogP contribution in [0.4, 0.5) is 0 Å². The zero-order chi connectivity index (χ0) is 10.1. The lowest BCUT2D eigenvalue weighted by Crippen LogP contribution is -1.77. The molecule has 0 aromatic heterocycles. The predicted octanol–water partition coefficient (Wildman–Crippen LogP) is 3.92. The summed E-state index contributed by atoms with van der Waals surface area (Å²) in [4.78, 5) is 0. The molecule has 0 aliphatic heterocycles. The summed E-state index contributed by atoms with van der Waals surface area (Å²) in [6.07, 6.45) is 12.2. The fourth-order valence-corrected chi connectivity index (χ4v) is 1.18. The summed E-state index contributed by atoms with van der Waals surface area (Å²) in [6, 6.07) is 10.5. The van der Waals surface area contributed by atoms with Crippen molar-refractivity contribution in [3.05, 3.63) is 72.9 Å². The van der Waals surface area contributed by atoms with Crippen LogP contribution >= 0.6 is 0 Å². The minimum Gasteiger partial charge on any atom is -0.0991 e. The van der Waals surface area contributed by atoms with Crippen LogP contribution in [0.2, 0.25) is 0 Å². The Balaban J connectivity index is 2.27. The van der Waals surface area contributed by atoms with E-state index in [4.69, 9.17) is 0 Å². The third kappa shape index (κ3) is 4.46. The lowest BCUT2D eigenvalue weighted by molar-refractivity contribution is 1.24. The van der Waals surface area contributed by atoms with Crippen LogP contribution in [0.25, 0.3) is 0 Å². The van der Waals surface area contributed by atoms with E-state index in [1.54, 1.807) is 6.08 Å². The minimum absolute atomic E-state index is 0.985. The molecule has 0 heterocycles. The average Bonchev–Trinajstić information content (AvgIpc) is 2.25. The minimum atomic E-state index is 0.985. The SMILES string of the molecule is C=CC=CCC=CCc1ccccc1. The molecule has 0 bridgehead atoms. The molecule has 0 amide bonds. The van der Waals surface area contributed by atoms with E-state index in [0.717, 1.165) is 12.8 Å². The van der Waals surface area contributed by atoms with Crippen molar-refractivity contribution in [3.63, 3.8) is 0 Å². The summed E-state index contributed by atoms with van der Waals surface area (Å²) in [5.74, 6) is 0. The van der Waals surface area contributed by atoms with E-state index in [1.807, 2.05) is 12.1 Å². The number of hydrogen-bond acceptors (Lipinski definition) is 0. The molecular formula is C14H16. The van der Waals surface area contributed by atoms with E-state index in [1.165, 1.54) is 5.56 Å². The fourth-order valence-electron chi connectivity index (χ4n) is 1.18. The Kier molecular flexibility index (Phi) is 5.19. The highest BCUT2D eigenvalue weighted by atomic mass is 13.9. The zero-order valence-corrected chi connectivity index (χ0v) is 8.39. The largest absolute Gasteiger partial charge is 0.0991 e. The second-order valence-corrected chi connectivity index (χ2v) is 3.06. The lowest BCUT2D eigenvalue weighted by Gasteiger charge is -1.93. The van der Waals surface area contributed by atoms with Gasteiger partial charge in [0.1, 0.15) is 0 Å². The van der Waals surface area contributed by atoms with Crippen molar-refractivity contribution in [1.29, 1.82) is 0 Å². The van der Waals surface area contributed by atoms with E-state index in [2.05, 4.69) is 49.1 Å². The Labute approximate surface area is 86.3 Å². The van der Waals surface area contributed by atoms with E-state index < -0.39 is 0 Å². The highest BCUT2D eigenvalue weighted by molar-refractivity contribution is 5.17. The zero-order valence-electron chi connectivity index (χ0n) is 8.39. The molecule has 0 saturated carbocycles. The first kappa shape index (κ1) is 10.5. The highest BCUT2D eigenvalue weighted by Crippen LogP contribution is 2.00. The van der Waals surface area contributed by atoms with Gasteiger partial charge >= 0.3 is 0 Å². The summed E-state index contributed by atoms with van der Waals surface area (Å²) >= 11 is 0. The molecule has 1 aromatic rings. The van der Waals surface area contributed by atoms with Gasteiger partial charge in [0.15, 0.2) is 0 Å². The first-order chi connectivity index (χ1) is 6.93. The van der Waals surface area contributed by atoms with Crippen LogP contribution in [0.15, 0.2) is 67.3 Å². The molecule has 0 heteroatoms. The third-order valence-electron chi connectivity index (χ3n) is 1.91. The third-order valence-corrected chi connectivity index (χ3v) is 1.91. The summed E-state index contributed by atoms with van der Waals surface area (Å²) in [5.41, 5.74) is 1.36. The number of benzene rings is 1. The Morgan fingerprint density at radius 2 is 1.79 bits per heavy atom. The van der Waals surface area contributed by atoms with E-state index in [0.29, 0.717) is 0 Å². The molecule has 0 radical (unpaired) electrons. The van der Waals surface area contributed by atoms with Gasteiger partial charge < -0.3 is 0 Å². The first-order valence-electron chi connectivity index (χ1n) is 4.90. The summed E-state index contributed by atoms with van der Waals surface area (Å²) in [5, 5.41) is 0. The first-order valence-corrected chi connectivity index (χ1v) is 4.90. The van der Waals surface area contributed by atoms with Gasteiger partial charge in [0.2, 0.25) is 0 Å². The van der Waals surface area contributed by atoms with Gasteiger partial charge in [-0.1, -0.05) is 67.3 Å². The van der Waals surface area contributed by atoms with Crippen LogP contribution in [0.1, 0.15) is 12.0 Å². The Morgan fingerprint density at radius 3 is 2.50 bits per heavy atom. The van der Waals surface area contributed by atoms with Crippen LogP contribution in [-0.4, -0.2) is 0 Å². The van der Waals surface area contributed by atoms with E-state index in [-0.39, 0.29) is 0 Å². The number of allylic oxidation sites excluding steroid dienone is 5. The summed E-state index contributed by atoms with van der Waals surface area (Å²) < 4.78 is 0. The second-order valence-electron chi connectivity index (χ2n) is 3.06. The molecule has 0 aliphatic carbocycles. The van der Waals surface area contributed by atoms with Crippen LogP contribution in [0.5, 0.6) is 0 Å². The highest BCUT2D eigenvalue weighted by Gasteiger charge is 1.84. The molecule has 0 fully saturated rings. The van der Waals surface area contributed by atoms with Crippen molar-refractivity contribution in [2.75, 3.05) is 0 Å². The molecule has 0 nitrogen and oxygen atoms in total. The molecule has 0 aliphatic rings. The van der Waals surface area contributed by atoms with Gasteiger partial charge in [0.25, 0.3) is 0 Å². The molecule has 0 spiro atoms. The number of hydrogen-bond donors (Lipinski definition) is 0. The summed E-state index contributed by atoms with van der Waals surface area (Å²) in [6.45, 7) is 3.62. The molecule has 72 valence electrons. The van der Waals surface area contributed by atoms with Gasteiger partial charge in [-0.15, -0.1) is 0 Å². The quantitative estimate of drug-likeness (QED) is 0.480. The van der Waals surface area contributed by atoms with E-state index >= 15 is 0 Å². The predicted molar refractivity (Wildman–Crippen MR) is 63.2 cm³/mol. The Bertz CT molecular complexity index is 304. The van der Waals surface area contributed by atoms with Crippen LogP contribution in [0, 0.1) is 0 Å². The lowest BCUT2D eigenvalue weighted by atomic mass is 10.1. The molecule has 14 heavy (non-hydrogen) atoms. The van der Waals surface area contributed by atoms with Gasteiger partial charge in [0.05, 0.1) is 0 Å². The van der Waals surface area contributed by atoms with Gasteiger partial charge in [-0.05, 0) is 18.4 Å². The second kappa shape index (κ2) is 6.90. The van der Waals surface area contributed by atoms with Gasteiger partial charge in [-0.25, -0.2) is 0 Å². The molecule has 0 unspecified atom stereocenters. The fraction of sp³-hybridized carbons (Fsp3) is 0.143. The maximum absolute atomic E-state index is 3.62. The molecular weight excluding hydrogens is 168 g/mol. The van der Waals surface area contributed by atoms with Gasteiger partial charge in [-0.2, -0.15) is 0 Å².